The summed E-state index contributed by atoms with van der Waals surface area (Å²) in [6.07, 6.45) is 2.41. The number of aryl methyl sites for hydroxylation is 1. The van der Waals surface area contributed by atoms with Crippen LogP contribution in [0.3, 0.4) is 0 Å². The summed E-state index contributed by atoms with van der Waals surface area (Å²) in [5, 5.41) is 0. The molecule has 1 unspecified atom stereocenters. The molecule has 3 fully saturated rings. The molecule has 2 aliphatic carbocycles. The van der Waals surface area contributed by atoms with Crippen molar-refractivity contribution >= 4 is 10.1 Å². The van der Waals surface area contributed by atoms with Gasteiger partial charge in [-0.25, -0.2) is 0 Å². The molecule has 5 atom stereocenters. The summed E-state index contributed by atoms with van der Waals surface area (Å²) in [6, 6.07) is 6.80. The number of hydrogen-bond acceptors (Lipinski definition) is 4. The summed E-state index contributed by atoms with van der Waals surface area (Å²) in [4.78, 5) is 0.249. The van der Waals surface area contributed by atoms with Crippen molar-refractivity contribution in [3.63, 3.8) is 0 Å². The SMILES string of the molecule is Cc1ccc(S(=O)(=O)OC2[C@H]3CC[C@@H]2[C@@H]2O[C@@H]23)cc1. The monoisotopic (exact) mass is 280 g/mol. The van der Waals surface area contributed by atoms with Gasteiger partial charge in [0.2, 0.25) is 0 Å². The molecule has 1 aromatic carbocycles. The van der Waals surface area contributed by atoms with Gasteiger partial charge in [-0.1, -0.05) is 17.7 Å². The van der Waals surface area contributed by atoms with Gasteiger partial charge in [-0.2, -0.15) is 8.42 Å². The van der Waals surface area contributed by atoms with E-state index in [1.165, 1.54) is 0 Å². The quantitative estimate of drug-likeness (QED) is 0.626. The van der Waals surface area contributed by atoms with Crippen molar-refractivity contribution in [3.8, 4) is 0 Å². The molecule has 0 amide bonds. The Kier molecular flexibility index (Phi) is 2.38. The molecule has 0 aromatic heterocycles. The lowest BCUT2D eigenvalue weighted by molar-refractivity contribution is 0.0937. The third kappa shape index (κ3) is 1.75. The second kappa shape index (κ2) is 3.81. The summed E-state index contributed by atoms with van der Waals surface area (Å²) >= 11 is 0. The minimum Gasteiger partial charge on any atom is -0.369 e. The summed E-state index contributed by atoms with van der Waals surface area (Å²) < 4.78 is 35.6. The van der Waals surface area contributed by atoms with Gasteiger partial charge in [0.25, 0.3) is 10.1 Å². The molecule has 2 saturated carbocycles. The average molecular weight is 280 g/mol. The topological polar surface area (TPSA) is 55.9 Å². The largest absolute Gasteiger partial charge is 0.369 e. The lowest BCUT2D eigenvalue weighted by Gasteiger charge is -2.18. The molecular weight excluding hydrogens is 264 g/mol. The highest BCUT2D eigenvalue weighted by Gasteiger charge is 2.66. The highest BCUT2D eigenvalue weighted by atomic mass is 32.2. The Morgan fingerprint density at radius 2 is 1.68 bits per heavy atom. The van der Waals surface area contributed by atoms with Crippen LogP contribution in [-0.4, -0.2) is 26.7 Å². The minimum atomic E-state index is -3.64. The summed E-state index contributed by atoms with van der Waals surface area (Å²) in [5.74, 6) is 0.547. The first kappa shape index (κ1) is 11.9. The highest BCUT2D eigenvalue weighted by Crippen LogP contribution is 2.57. The summed E-state index contributed by atoms with van der Waals surface area (Å²) in [5.41, 5.74) is 1.04. The molecule has 0 N–H and O–H groups in total. The molecule has 0 radical (unpaired) electrons. The first-order chi connectivity index (χ1) is 9.06. The van der Waals surface area contributed by atoms with Crippen molar-refractivity contribution in [2.24, 2.45) is 11.8 Å². The minimum absolute atomic E-state index is 0.171. The molecule has 0 spiro atoms. The van der Waals surface area contributed by atoms with Gasteiger partial charge in [-0.3, -0.25) is 4.18 Å². The van der Waals surface area contributed by atoms with Crippen molar-refractivity contribution in [2.75, 3.05) is 0 Å². The molecule has 19 heavy (non-hydrogen) atoms. The molecule has 1 aromatic rings. The highest BCUT2D eigenvalue weighted by molar-refractivity contribution is 7.86. The first-order valence-corrected chi connectivity index (χ1v) is 8.12. The van der Waals surface area contributed by atoms with Crippen molar-refractivity contribution < 1.29 is 17.3 Å². The van der Waals surface area contributed by atoms with Gasteiger partial charge in [0.05, 0.1) is 23.2 Å². The van der Waals surface area contributed by atoms with Crippen LogP contribution in [0.2, 0.25) is 0 Å². The van der Waals surface area contributed by atoms with Crippen molar-refractivity contribution in [3.05, 3.63) is 29.8 Å². The Hall–Kier alpha value is -0.910. The molecule has 102 valence electrons. The fourth-order valence-electron chi connectivity index (χ4n) is 3.61. The summed E-state index contributed by atoms with van der Waals surface area (Å²) in [7, 11) is -3.64. The molecule has 1 aliphatic heterocycles. The predicted molar refractivity (Wildman–Crippen MR) is 68.1 cm³/mol. The van der Waals surface area contributed by atoms with Crippen LogP contribution in [0, 0.1) is 18.8 Å². The second-order valence-electron chi connectivity index (χ2n) is 5.80. The molecule has 1 heterocycles. The normalized spacial score (nSPS) is 39.3. The van der Waals surface area contributed by atoms with E-state index in [0.29, 0.717) is 0 Å². The number of benzene rings is 1. The van der Waals surface area contributed by atoms with E-state index in [1.54, 1.807) is 24.3 Å². The van der Waals surface area contributed by atoms with E-state index in [-0.39, 0.29) is 35.0 Å². The van der Waals surface area contributed by atoms with Crippen LogP contribution in [0.1, 0.15) is 18.4 Å². The van der Waals surface area contributed by atoms with Gasteiger partial charge >= 0.3 is 0 Å². The molecule has 4 rings (SSSR count). The molecule has 3 aliphatic rings. The smallest absolute Gasteiger partial charge is 0.297 e. The predicted octanol–water partition coefficient (Wildman–Crippen LogP) is 1.88. The first-order valence-electron chi connectivity index (χ1n) is 6.72. The maximum Gasteiger partial charge on any atom is 0.297 e. The van der Waals surface area contributed by atoms with Gasteiger partial charge in [-0.15, -0.1) is 0 Å². The Morgan fingerprint density at radius 1 is 1.11 bits per heavy atom. The Balaban J connectivity index is 1.58. The lowest BCUT2D eigenvalue weighted by atomic mass is 10.0. The average Bonchev–Trinajstić information content (AvgIpc) is 3.03. The van der Waals surface area contributed by atoms with Crippen LogP contribution in [0.15, 0.2) is 29.2 Å². The zero-order valence-corrected chi connectivity index (χ0v) is 11.5. The number of fused-ring (bicyclic) bond motifs is 5. The Bertz CT molecular complexity index is 591. The van der Waals surface area contributed by atoms with Crippen LogP contribution in [0.25, 0.3) is 0 Å². The number of hydrogen-bond donors (Lipinski definition) is 0. The van der Waals surface area contributed by atoms with Gasteiger partial charge in [-0.05, 0) is 31.9 Å². The standard InChI is InChI=1S/C14H16O4S/c1-8-2-4-9(5-3-8)19(15,16)18-12-10-6-7-11(12)14-13(10)17-14/h2-5,10-14H,6-7H2,1H3/t10-,11+,12?,13-,14+. The van der Waals surface area contributed by atoms with E-state index in [4.69, 9.17) is 8.92 Å². The van der Waals surface area contributed by atoms with Crippen LogP contribution in [0.4, 0.5) is 0 Å². The third-order valence-corrected chi connectivity index (χ3v) is 5.96. The second-order valence-corrected chi connectivity index (χ2v) is 7.37. The summed E-state index contributed by atoms with van der Waals surface area (Å²) in [6.45, 7) is 1.93. The maximum absolute atomic E-state index is 12.3. The molecule has 1 saturated heterocycles. The number of rotatable bonds is 3. The van der Waals surface area contributed by atoms with Gasteiger partial charge in [0.15, 0.2) is 0 Å². The molecule has 5 heteroatoms. The van der Waals surface area contributed by atoms with Gasteiger partial charge < -0.3 is 4.74 Å². The fraction of sp³-hybridized carbons (Fsp3) is 0.571. The fourth-order valence-corrected chi connectivity index (χ4v) is 4.77. The van der Waals surface area contributed by atoms with Crippen molar-refractivity contribution in [1.29, 1.82) is 0 Å². The number of epoxide rings is 1. The van der Waals surface area contributed by atoms with E-state index in [0.717, 1.165) is 18.4 Å². The maximum atomic E-state index is 12.3. The van der Waals surface area contributed by atoms with Crippen LogP contribution < -0.4 is 0 Å². The van der Waals surface area contributed by atoms with Crippen molar-refractivity contribution in [1.82, 2.24) is 0 Å². The van der Waals surface area contributed by atoms with E-state index in [9.17, 15) is 8.42 Å². The van der Waals surface area contributed by atoms with Crippen LogP contribution in [0.5, 0.6) is 0 Å². The zero-order valence-electron chi connectivity index (χ0n) is 10.7. The van der Waals surface area contributed by atoms with E-state index >= 15 is 0 Å². The van der Waals surface area contributed by atoms with Crippen LogP contribution >= 0.6 is 0 Å². The van der Waals surface area contributed by atoms with E-state index < -0.39 is 10.1 Å². The van der Waals surface area contributed by atoms with Gasteiger partial charge in [0, 0.05) is 11.8 Å². The molecule has 2 bridgehead atoms. The van der Waals surface area contributed by atoms with Gasteiger partial charge in [0.1, 0.15) is 0 Å². The zero-order chi connectivity index (χ0) is 13.2. The Morgan fingerprint density at radius 3 is 2.26 bits per heavy atom. The Labute approximate surface area is 112 Å². The van der Waals surface area contributed by atoms with Crippen LogP contribution in [-0.2, 0) is 19.0 Å². The molecular formula is C14H16O4S. The van der Waals surface area contributed by atoms with E-state index in [1.807, 2.05) is 6.92 Å². The number of ether oxygens (including phenoxy) is 1. The third-order valence-electron chi connectivity index (χ3n) is 4.63. The molecule has 4 nitrogen and oxygen atoms in total. The van der Waals surface area contributed by atoms with E-state index in [2.05, 4.69) is 0 Å². The van der Waals surface area contributed by atoms with Crippen molar-refractivity contribution in [2.45, 2.75) is 43.0 Å². The lowest BCUT2D eigenvalue weighted by Crippen LogP contribution is -2.27.